The molecule has 0 saturated heterocycles. The average molecular weight is 365 g/mol. The summed E-state index contributed by atoms with van der Waals surface area (Å²) in [4.78, 5) is 15.4. The van der Waals surface area contributed by atoms with Gasteiger partial charge in [-0.25, -0.2) is 0 Å². The Kier molecular flexibility index (Phi) is 3.61. The molecule has 0 aliphatic rings. The molecule has 3 rings (SSSR count). The normalized spacial score (nSPS) is 10.8. The maximum absolute atomic E-state index is 12.4. The van der Waals surface area contributed by atoms with Crippen molar-refractivity contribution in [1.29, 1.82) is 0 Å². The van der Waals surface area contributed by atoms with E-state index in [0.717, 1.165) is 15.4 Å². The van der Waals surface area contributed by atoms with Crippen molar-refractivity contribution >= 4 is 55.7 Å². The second kappa shape index (κ2) is 5.42. The molecule has 0 aliphatic heterocycles. The predicted octanol–water partition coefficient (Wildman–Crippen LogP) is 4.42. The van der Waals surface area contributed by atoms with E-state index in [-0.39, 0.29) is 5.91 Å². The smallest absolute Gasteiger partial charge is 0.257 e. The van der Waals surface area contributed by atoms with Gasteiger partial charge in [0.2, 0.25) is 0 Å². The van der Waals surface area contributed by atoms with Gasteiger partial charge in [0.05, 0.1) is 16.3 Å². The molecule has 1 aromatic heterocycles. The number of hydrogen-bond acceptors (Lipinski definition) is 2. The van der Waals surface area contributed by atoms with Gasteiger partial charge >= 0.3 is 0 Å². The number of fused-ring (bicyclic) bond motifs is 1. The van der Waals surface area contributed by atoms with E-state index in [1.807, 2.05) is 12.1 Å². The van der Waals surface area contributed by atoms with E-state index in [2.05, 4.69) is 26.2 Å². The number of nitrogen functional groups attached to an aromatic ring is 1. The molecular weight excluding hydrogens is 354 g/mol. The minimum absolute atomic E-state index is 0.240. The van der Waals surface area contributed by atoms with Gasteiger partial charge in [0.1, 0.15) is 0 Å². The second-order valence-electron chi connectivity index (χ2n) is 4.59. The molecular formula is C15H11BrClN3O. The lowest BCUT2D eigenvalue weighted by Gasteiger charge is -2.07. The zero-order valence-electron chi connectivity index (χ0n) is 10.8. The minimum Gasteiger partial charge on any atom is -0.399 e. The fraction of sp³-hybridized carbons (Fsp3) is 0. The maximum Gasteiger partial charge on any atom is 0.257 e. The number of nitrogens with one attached hydrogen (secondary N) is 2. The van der Waals surface area contributed by atoms with Crippen molar-refractivity contribution < 1.29 is 4.79 Å². The molecule has 0 radical (unpaired) electrons. The fourth-order valence-electron chi connectivity index (χ4n) is 2.11. The molecule has 3 aromatic rings. The van der Waals surface area contributed by atoms with Crippen molar-refractivity contribution in [2.45, 2.75) is 0 Å². The number of H-pyrrole nitrogens is 1. The van der Waals surface area contributed by atoms with E-state index in [1.165, 1.54) is 0 Å². The Morgan fingerprint density at radius 2 is 2.05 bits per heavy atom. The first kappa shape index (κ1) is 14.0. The Morgan fingerprint density at radius 1 is 1.24 bits per heavy atom. The highest BCUT2D eigenvalue weighted by Crippen LogP contribution is 2.27. The predicted molar refractivity (Wildman–Crippen MR) is 89.8 cm³/mol. The van der Waals surface area contributed by atoms with Gasteiger partial charge in [-0.05, 0) is 36.4 Å². The van der Waals surface area contributed by atoms with Crippen LogP contribution in [-0.2, 0) is 0 Å². The van der Waals surface area contributed by atoms with Crippen LogP contribution in [0.1, 0.15) is 10.4 Å². The molecule has 0 bridgehead atoms. The summed E-state index contributed by atoms with van der Waals surface area (Å²) in [5, 5.41) is 4.05. The largest absolute Gasteiger partial charge is 0.399 e. The van der Waals surface area contributed by atoms with Crippen molar-refractivity contribution in [3.8, 4) is 0 Å². The molecule has 106 valence electrons. The van der Waals surface area contributed by atoms with E-state index >= 15 is 0 Å². The number of aromatic nitrogens is 1. The SMILES string of the molecule is Nc1ccc2[nH]cc(C(=O)Nc3ccc(Br)cc3Cl)c2c1. The molecule has 1 heterocycles. The number of carbonyl (C=O) groups excluding carboxylic acids is 1. The summed E-state index contributed by atoms with van der Waals surface area (Å²) in [5.74, 6) is -0.240. The number of anilines is 2. The maximum atomic E-state index is 12.4. The van der Waals surface area contributed by atoms with E-state index in [0.29, 0.717) is 22.0 Å². The van der Waals surface area contributed by atoms with Crippen molar-refractivity contribution in [2.75, 3.05) is 11.1 Å². The summed E-state index contributed by atoms with van der Waals surface area (Å²) in [5.41, 5.74) is 8.32. The van der Waals surface area contributed by atoms with E-state index in [4.69, 9.17) is 17.3 Å². The molecule has 0 saturated carbocycles. The van der Waals surface area contributed by atoms with E-state index in [9.17, 15) is 4.79 Å². The first-order chi connectivity index (χ1) is 10.0. The lowest BCUT2D eigenvalue weighted by Crippen LogP contribution is -2.11. The number of carbonyl (C=O) groups is 1. The highest BCUT2D eigenvalue weighted by atomic mass is 79.9. The highest BCUT2D eigenvalue weighted by Gasteiger charge is 2.13. The van der Waals surface area contributed by atoms with Gasteiger partial charge in [-0.1, -0.05) is 27.5 Å². The Labute approximate surface area is 134 Å². The van der Waals surface area contributed by atoms with Gasteiger partial charge in [0.15, 0.2) is 0 Å². The Morgan fingerprint density at radius 3 is 2.81 bits per heavy atom. The third-order valence-corrected chi connectivity index (χ3v) is 3.94. The first-order valence-electron chi connectivity index (χ1n) is 6.17. The highest BCUT2D eigenvalue weighted by molar-refractivity contribution is 9.10. The van der Waals surface area contributed by atoms with Gasteiger partial charge in [0, 0.05) is 27.3 Å². The zero-order valence-corrected chi connectivity index (χ0v) is 13.1. The third-order valence-electron chi connectivity index (χ3n) is 3.13. The zero-order chi connectivity index (χ0) is 15.0. The van der Waals surface area contributed by atoms with Crippen molar-refractivity contribution in [3.05, 3.63) is 57.7 Å². The minimum atomic E-state index is -0.240. The number of hydrogen-bond donors (Lipinski definition) is 3. The van der Waals surface area contributed by atoms with Gasteiger partial charge in [-0.2, -0.15) is 0 Å². The van der Waals surface area contributed by atoms with Gasteiger partial charge in [-0.15, -0.1) is 0 Å². The first-order valence-corrected chi connectivity index (χ1v) is 7.35. The second-order valence-corrected chi connectivity index (χ2v) is 5.91. The Bertz CT molecular complexity index is 844. The van der Waals surface area contributed by atoms with Gasteiger partial charge in [-0.3, -0.25) is 4.79 Å². The van der Waals surface area contributed by atoms with E-state index < -0.39 is 0 Å². The van der Waals surface area contributed by atoms with Crippen LogP contribution in [0.4, 0.5) is 11.4 Å². The monoisotopic (exact) mass is 363 g/mol. The number of halogens is 2. The summed E-state index contributed by atoms with van der Waals surface area (Å²) in [6.07, 6.45) is 1.66. The molecule has 1 amide bonds. The molecule has 6 heteroatoms. The molecule has 0 aliphatic carbocycles. The van der Waals surface area contributed by atoms with Crippen LogP contribution in [0.2, 0.25) is 5.02 Å². The molecule has 0 atom stereocenters. The van der Waals surface area contributed by atoms with Gasteiger partial charge in [0.25, 0.3) is 5.91 Å². The molecule has 0 spiro atoms. The van der Waals surface area contributed by atoms with Crippen LogP contribution in [-0.4, -0.2) is 10.9 Å². The van der Waals surface area contributed by atoms with E-state index in [1.54, 1.807) is 30.5 Å². The van der Waals surface area contributed by atoms with Crippen LogP contribution < -0.4 is 11.1 Å². The summed E-state index contributed by atoms with van der Waals surface area (Å²) in [6, 6.07) is 10.7. The molecule has 2 aromatic carbocycles. The van der Waals surface area contributed by atoms with Crippen LogP contribution in [0.15, 0.2) is 47.1 Å². The standard InChI is InChI=1S/C15H11BrClN3O/c16-8-1-3-14(12(17)5-8)20-15(21)11-7-19-13-4-2-9(18)6-10(11)13/h1-7,19H,18H2,(H,20,21). The van der Waals surface area contributed by atoms with Crippen LogP contribution in [0.25, 0.3) is 10.9 Å². The lowest BCUT2D eigenvalue weighted by molar-refractivity contribution is 0.102. The topological polar surface area (TPSA) is 70.9 Å². The van der Waals surface area contributed by atoms with Crippen LogP contribution in [0.3, 0.4) is 0 Å². The third kappa shape index (κ3) is 2.75. The van der Waals surface area contributed by atoms with Crippen molar-refractivity contribution in [3.63, 3.8) is 0 Å². The van der Waals surface area contributed by atoms with Crippen molar-refractivity contribution in [1.82, 2.24) is 4.98 Å². The average Bonchev–Trinajstić information content (AvgIpc) is 2.85. The van der Waals surface area contributed by atoms with Crippen LogP contribution >= 0.6 is 27.5 Å². The quantitative estimate of drug-likeness (QED) is 0.589. The number of nitrogens with two attached hydrogens (primary N) is 1. The summed E-state index contributed by atoms with van der Waals surface area (Å²) in [6.45, 7) is 0. The Hall–Kier alpha value is -1.98. The Balaban J connectivity index is 1.95. The number of rotatable bonds is 2. The molecule has 0 unspecified atom stereocenters. The van der Waals surface area contributed by atoms with Crippen LogP contribution in [0.5, 0.6) is 0 Å². The summed E-state index contributed by atoms with van der Waals surface area (Å²) >= 11 is 9.43. The van der Waals surface area contributed by atoms with Crippen molar-refractivity contribution in [2.24, 2.45) is 0 Å². The fourth-order valence-corrected chi connectivity index (χ4v) is 2.83. The summed E-state index contributed by atoms with van der Waals surface area (Å²) in [7, 11) is 0. The lowest BCUT2D eigenvalue weighted by atomic mass is 10.1. The molecule has 0 fully saturated rings. The summed E-state index contributed by atoms with van der Waals surface area (Å²) < 4.78 is 0.852. The number of benzene rings is 2. The number of aromatic amines is 1. The number of amides is 1. The van der Waals surface area contributed by atoms with Crippen LogP contribution in [0, 0.1) is 0 Å². The molecule has 4 nitrogen and oxygen atoms in total. The van der Waals surface area contributed by atoms with Gasteiger partial charge < -0.3 is 16.0 Å². The molecule has 21 heavy (non-hydrogen) atoms. The molecule has 4 N–H and O–H groups in total.